The molecule has 1 fully saturated rings. The van der Waals surface area contributed by atoms with Gasteiger partial charge in [0.1, 0.15) is 17.6 Å². The molecule has 1 saturated heterocycles. The highest BCUT2D eigenvalue weighted by Gasteiger charge is 2.26. The summed E-state index contributed by atoms with van der Waals surface area (Å²) in [5.74, 6) is 2.36. The Morgan fingerprint density at radius 2 is 1.89 bits per heavy atom. The third kappa shape index (κ3) is 5.64. The first-order valence-electron chi connectivity index (χ1n) is 12.8. The second kappa shape index (κ2) is 11.2. The van der Waals surface area contributed by atoms with Crippen LogP contribution in [0.5, 0.6) is 5.75 Å². The van der Waals surface area contributed by atoms with Crippen molar-refractivity contribution < 1.29 is 5.11 Å². The molecule has 38 heavy (non-hydrogen) atoms. The van der Waals surface area contributed by atoms with Crippen LogP contribution in [0, 0.1) is 11.3 Å². The molecule has 0 radical (unpaired) electrons. The Bertz CT molecular complexity index is 1450. The largest absolute Gasteiger partial charge is 0.507 e. The van der Waals surface area contributed by atoms with Gasteiger partial charge in [-0.3, -0.25) is 0 Å². The zero-order valence-electron chi connectivity index (χ0n) is 21.4. The van der Waals surface area contributed by atoms with Crippen molar-refractivity contribution in [3.63, 3.8) is 0 Å². The molecule has 1 aliphatic heterocycles. The van der Waals surface area contributed by atoms with E-state index in [1.54, 1.807) is 28.8 Å². The van der Waals surface area contributed by atoms with Gasteiger partial charge in [0.2, 0.25) is 5.95 Å². The molecule has 5 rings (SSSR count). The van der Waals surface area contributed by atoms with E-state index in [2.05, 4.69) is 40.4 Å². The molecule has 196 valence electrons. The van der Waals surface area contributed by atoms with Crippen LogP contribution in [0.3, 0.4) is 0 Å². The van der Waals surface area contributed by atoms with E-state index < -0.39 is 0 Å². The minimum absolute atomic E-state index is 0.0506. The number of pyridine rings is 1. The van der Waals surface area contributed by atoms with Crippen molar-refractivity contribution in [3.05, 3.63) is 59.0 Å². The lowest BCUT2D eigenvalue weighted by Crippen LogP contribution is -2.38. The zero-order chi connectivity index (χ0) is 26.6. The topological polar surface area (TPSA) is 127 Å². The molecule has 3 N–H and O–H groups in total. The van der Waals surface area contributed by atoms with Crippen molar-refractivity contribution in [3.8, 4) is 23.1 Å². The third-order valence-corrected chi connectivity index (χ3v) is 7.04. The zero-order valence-corrected chi connectivity index (χ0v) is 22.2. The van der Waals surface area contributed by atoms with Gasteiger partial charge in [-0.15, -0.1) is 5.10 Å². The molecule has 0 unspecified atom stereocenters. The van der Waals surface area contributed by atoms with Crippen LogP contribution in [-0.2, 0) is 0 Å². The maximum Gasteiger partial charge on any atom is 0.226 e. The molecule has 3 aromatic heterocycles. The van der Waals surface area contributed by atoms with Gasteiger partial charge in [-0.1, -0.05) is 11.6 Å². The summed E-state index contributed by atoms with van der Waals surface area (Å²) in [7, 11) is 0. The molecule has 0 saturated carbocycles. The standard InChI is InChI=1S/C27H30ClN9O/c1-17(2)36-11-7-19(8-12-36)26-34-25-14-22(21-5-4-20(28)13-23(21)38)33-27(37(25)35-26)31-10-9-30-24-6-3-18(15-29)16-32-24/h3-6,13-14,16-17,19,38H,7-12H2,1-2H3,(H,30,32)(H,31,33). The average Bonchev–Trinajstić information content (AvgIpc) is 3.36. The van der Waals surface area contributed by atoms with E-state index in [4.69, 9.17) is 31.9 Å². The Morgan fingerprint density at radius 1 is 1.11 bits per heavy atom. The number of rotatable bonds is 8. The number of anilines is 2. The molecule has 4 aromatic rings. The number of hydrogen-bond donors (Lipinski definition) is 3. The summed E-state index contributed by atoms with van der Waals surface area (Å²) >= 11 is 6.05. The molecule has 10 nitrogen and oxygen atoms in total. The monoisotopic (exact) mass is 531 g/mol. The van der Waals surface area contributed by atoms with Crippen LogP contribution < -0.4 is 10.6 Å². The number of nitrogens with zero attached hydrogens (tertiary/aromatic N) is 7. The van der Waals surface area contributed by atoms with Gasteiger partial charge in [0.05, 0.1) is 11.3 Å². The summed E-state index contributed by atoms with van der Waals surface area (Å²) in [6.45, 7) is 7.61. The van der Waals surface area contributed by atoms with Crippen molar-refractivity contribution in [2.24, 2.45) is 0 Å². The number of likely N-dealkylation sites (tertiary alicyclic amines) is 1. The first-order valence-corrected chi connectivity index (χ1v) is 13.1. The van der Waals surface area contributed by atoms with E-state index >= 15 is 0 Å². The van der Waals surface area contributed by atoms with Crippen molar-refractivity contribution >= 4 is 29.0 Å². The molecule has 11 heteroatoms. The molecule has 0 aliphatic carbocycles. The number of phenols is 1. The Balaban J connectivity index is 1.39. The number of aromatic hydroxyl groups is 1. The van der Waals surface area contributed by atoms with Crippen molar-refractivity contribution in [1.82, 2.24) is 29.5 Å². The number of nitrogens with one attached hydrogen (secondary N) is 2. The molecule has 0 bridgehead atoms. The van der Waals surface area contributed by atoms with Crippen LogP contribution in [-0.4, -0.2) is 66.8 Å². The number of nitriles is 1. The van der Waals surface area contributed by atoms with Gasteiger partial charge in [-0.25, -0.2) is 15.0 Å². The van der Waals surface area contributed by atoms with E-state index in [-0.39, 0.29) is 11.7 Å². The maximum atomic E-state index is 10.5. The summed E-state index contributed by atoms with van der Waals surface area (Å²) < 4.78 is 1.74. The summed E-state index contributed by atoms with van der Waals surface area (Å²) in [4.78, 5) is 16.4. The summed E-state index contributed by atoms with van der Waals surface area (Å²) in [5.41, 5.74) is 2.31. The predicted octanol–water partition coefficient (Wildman–Crippen LogP) is 4.53. The van der Waals surface area contributed by atoms with E-state index in [0.29, 0.717) is 58.4 Å². The van der Waals surface area contributed by atoms with Gasteiger partial charge in [0.25, 0.3) is 0 Å². The van der Waals surface area contributed by atoms with Crippen molar-refractivity contribution in [2.45, 2.75) is 38.6 Å². The minimum atomic E-state index is 0.0506. The van der Waals surface area contributed by atoms with Gasteiger partial charge >= 0.3 is 0 Å². The number of hydrogen-bond acceptors (Lipinski definition) is 9. The molecule has 0 amide bonds. The lowest BCUT2D eigenvalue weighted by Gasteiger charge is -2.33. The van der Waals surface area contributed by atoms with E-state index in [9.17, 15) is 5.11 Å². The van der Waals surface area contributed by atoms with E-state index in [0.717, 1.165) is 31.8 Å². The van der Waals surface area contributed by atoms with Crippen LogP contribution in [0.25, 0.3) is 16.9 Å². The van der Waals surface area contributed by atoms with Gasteiger partial charge in [-0.05, 0) is 70.1 Å². The van der Waals surface area contributed by atoms with Gasteiger partial charge in [0, 0.05) is 47.9 Å². The highest BCUT2D eigenvalue weighted by molar-refractivity contribution is 6.30. The molecular formula is C27H30ClN9O. The van der Waals surface area contributed by atoms with Crippen molar-refractivity contribution in [1.29, 1.82) is 5.26 Å². The smallest absolute Gasteiger partial charge is 0.226 e. The van der Waals surface area contributed by atoms with Gasteiger partial charge in [0.15, 0.2) is 11.5 Å². The summed E-state index contributed by atoms with van der Waals surface area (Å²) in [6.07, 6.45) is 3.56. The quantitative estimate of drug-likeness (QED) is 0.281. The van der Waals surface area contributed by atoms with E-state index in [1.165, 1.54) is 12.3 Å². The average molecular weight is 532 g/mol. The first-order chi connectivity index (χ1) is 18.4. The lowest BCUT2D eigenvalue weighted by atomic mass is 9.95. The maximum absolute atomic E-state index is 10.5. The third-order valence-electron chi connectivity index (χ3n) is 6.81. The fourth-order valence-corrected chi connectivity index (χ4v) is 4.82. The summed E-state index contributed by atoms with van der Waals surface area (Å²) in [6, 6.07) is 12.9. The minimum Gasteiger partial charge on any atom is -0.507 e. The highest BCUT2D eigenvalue weighted by Crippen LogP contribution is 2.33. The second-order valence-corrected chi connectivity index (χ2v) is 10.1. The van der Waals surface area contributed by atoms with Crippen LogP contribution in [0.1, 0.15) is 44.0 Å². The van der Waals surface area contributed by atoms with Crippen LogP contribution in [0.15, 0.2) is 42.6 Å². The van der Waals surface area contributed by atoms with Crippen LogP contribution >= 0.6 is 11.6 Å². The van der Waals surface area contributed by atoms with E-state index in [1.807, 2.05) is 6.07 Å². The molecule has 4 heterocycles. The second-order valence-electron chi connectivity index (χ2n) is 9.67. The van der Waals surface area contributed by atoms with Crippen molar-refractivity contribution in [2.75, 3.05) is 36.8 Å². The van der Waals surface area contributed by atoms with Crippen LogP contribution in [0.4, 0.5) is 11.8 Å². The lowest BCUT2D eigenvalue weighted by molar-refractivity contribution is 0.169. The SMILES string of the molecule is CC(C)N1CCC(c2nc3cc(-c4ccc(Cl)cc4O)nc(NCCNc4ccc(C#N)cn4)n3n2)CC1. The number of aromatic nitrogens is 5. The predicted molar refractivity (Wildman–Crippen MR) is 148 cm³/mol. The normalized spacial score (nSPS) is 14.6. The number of benzene rings is 1. The number of fused-ring (bicyclic) bond motifs is 1. The van der Waals surface area contributed by atoms with Gasteiger partial charge in [-0.2, -0.15) is 9.78 Å². The molecule has 0 atom stereocenters. The molecule has 1 aliphatic rings. The molecule has 0 spiro atoms. The number of halogens is 1. The highest BCUT2D eigenvalue weighted by atomic mass is 35.5. The fourth-order valence-electron chi connectivity index (χ4n) is 4.66. The van der Waals surface area contributed by atoms with Crippen LogP contribution in [0.2, 0.25) is 5.02 Å². The summed E-state index contributed by atoms with van der Waals surface area (Å²) in [5, 5.41) is 31.4. The Hall–Kier alpha value is -3.94. The van der Waals surface area contributed by atoms with Gasteiger partial charge < -0.3 is 20.6 Å². The first kappa shape index (κ1) is 25.7. The Kier molecular flexibility index (Phi) is 7.58. The number of piperidine rings is 1. The fraction of sp³-hybridized carbons (Fsp3) is 0.370. The molecule has 1 aromatic carbocycles. The number of phenolic OH excluding ortho intramolecular Hbond substituents is 1. The Morgan fingerprint density at radius 3 is 2.58 bits per heavy atom. The molecular weight excluding hydrogens is 502 g/mol. The Labute approximate surface area is 226 Å².